The van der Waals surface area contributed by atoms with E-state index in [-0.39, 0.29) is 67.8 Å². The van der Waals surface area contributed by atoms with Gasteiger partial charge in [0.2, 0.25) is 6.79 Å². The molecule has 7 atom stereocenters. The van der Waals surface area contributed by atoms with E-state index in [0.717, 1.165) is 16.7 Å². The number of thioether (sulfide) groups is 1. The topological polar surface area (TPSA) is 171 Å². The number of carbonyl (C=O) groups is 2. The number of amides is 1. The molecule has 0 aromatic heterocycles. The zero-order valence-electron chi connectivity index (χ0n) is 37.9. The third-order valence-electron chi connectivity index (χ3n) is 13.9. The number of piperazine rings is 1. The molecule has 2 N–H and O–H groups in total. The summed E-state index contributed by atoms with van der Waals surface area (Å²) in [4.78, 5) is 32.2. The summed E-state index contributed by atoms with van der Waals surface area (Å²) in [6.45, 7) is 7.59. The van der Waals surface area contributed by atoms with Gasteiger partial charge >= 0.3 is 6.09 Å². The van der Waals surface area contributed by atoms with Crippen LogP contribution in [0.4, 0.5) is 4.79 Å². The number of likely N-dealkylation sites (N-methyl/N-ethyl adjacent to an activating group) is 1. The Morgan fingerprint density at radius 3 is 2.50 bits per heavy atom. The Morgan fingerprint density at radius 1 is 1.08 bits per heavy atom. The highest BCUT2D eigenvalue weighted by atomic mass is 32.2. The van der Waals surface area contributed by atoms with E-state index in [1.165, 1.54) is 28.3 Å². The number of alkyl carbamates (subject to hydrolysis) is 1. The van der Waals surface area contributed by atoms with Crippen LogP contribution in [-0.4, -0.2) is 136 Å². The van der Waals surface area contributed by atoms with Gasteiger partial charge in [0.05, 0.1) is 45.1 Å². The van der Waals surface area contributed by atoms with Crippen molar-refractivity contribution in [2.24, 2.45) is 0 Å². The van der Waals surface area contributed by atoms with E-state index in [2.05, 4.69) is 82.4 Å². The van der Waals surface area contributed by atoms with E-state index >= 15 is 0 Å². The summed E-state index contributed by atoms with van der Waals surface area (Å²) < 4.78 is 47.6. The van der Waals surface area contributed by atoms with Gasteiger partial charge in [0, 0.05) is 59.7 Å². The number of Topliss-reactive ketones (excluding diaryl/α,β-unsaturated/α-hetero) is 1. The average Bonchev–Trinajstić information content (AvgIpc) is 3.93. The average molecular weight is 921 g/mol. The standard InChI is InChI=1S/C50H56N4O11S/c1-7-16-61-49(56)52-40(25-66-24-35-33-14-10-8-12-31(33)32-13-9-11-15-34(32)35)62-23-39-42-47-45(64-27-65-47)29(3)48(55)50(42,57)21-37-43-41-30(20-36(53(43)4)38(22-51)54(37)39)19-28(2)44(59-6)46(41)63-26-60-18-17-58-5/h7-15,19,35-40,43,57H,1,16-18,20-21,23-27H2,2-6H3,(H,52,56)/t36-,37?,38-,39-,40?,43-,50?/m0/s1. The fraction of sp³-hybridized carbons (Fsp3) is 0.460. The highest BCUT2D eigenvalue weighted by Gasteiger charge is 2.64. The summed E-state index contributed by atoms with van der Waals surface area (Å²) in [6.07, 6.45) is 0.310. The van der Waals surface area contributed by atoms with E-state index in [9.17, 15) is 20.0 Å². The monoisotopic (exact) mass is 920 g/mol. The van der Waals surface area contributed by atoms with Gasteiger partial charge in [-0.2, -0.15) is 17.0 Å². The van der Waals surface area contributed by atoms with Crippen LogP contribution < -0.4 is 14.8 Å². The normalized spacial score (nSPS) is 25.5. The number of fused-ring (bicyclic) bond motifs is 11. The minimum atomic E-state index is -2.07. The number of methoxy groups -OCH3 is 2. The number of nitriles is 1. The van der Waals surface area contributed by atoms with Crippen LogP contribution >= 0.6 is 11.8 Å². The van der Waals surface area contributed by atoms with Crippen LogP contribution in [0.25, 0.3) is 11.1 Å². The van der Waals surface area contributed by atoms with E-state index in [1.807, 2.05) is 14.0 Å². The Labute approximate surface area is 389 Å². The molecule has 66 heavy (non-hydrogen) atoms. The third kappa shape index (κ3) is 7.83. The Kier molecular flexibility index (Phi) is 13.2. The van der Waals surface area contributed by atoms with E-state index in [0.29, 0.717) is 42.6 Å². The predicted octanol–water partition coefficient (Wildman–Crippen LogP) is 5.90. The molecule has 3 fully saturated rings. The highest BCUT2D eigenvalue weighted by Crippen LogP contribution is 2.57. The number of rotatable bonds is 17. The Morgan fingerprint density at radius 2 is 1.80 bits per heavy atom. The lowest BCUT2D eigenvalue weighted by Crippen LogP contribution is -2.74. The number of aryl methyl sites for hydroxylation is 1. The quantitative estimate of drug-likeness (QED) is 0.0932. The first kappa shape index (κ1) is 45.8. The van der Waals surface area contributed by atoms with Crippen molar-refractivity contribution >= 4 is 23.6 Å². The number of hydrogen-bond donors (Lipinski definition) is 2. The molecule has 9 rings (SSSR count). The molecule has 4 heterocycles. The molecule has 4 aliphatic heterocycles. The smallest absolute Gasteiger partial charge is 0.409 e. The molecule has 3 aromatic rings. The van der Waals surface area contributed by atoms with Crippen molar-refractivity contribution < 1.29 is 52.6 Å². The van der Waals surface area contributed by atoms with E-state index in [4.69, 9.17) is 37.9 Å². The lowest BCUT2D eigenvalue weighted by atomic mass is 9.65. The molecular weight excluding hydrogens is 865 g/mol. The Balaban J connectivity index is 1.09. The summed E-state index contributed by atoms with van der Waals surface area (Å²) in [5.41, 5.74) is 6.02. The van der Waals surface area contributed by atoms with Gasteiger partial charge in [0.1, 0.15) is 18.9 Å². The number of nitrogens with zero attached hydrogens (tertiary/aromatic N) is 3. The number of aliphatic hydroxyl groups is 1. The van der Waals surface area contributed by atoms with Gasteiger partial charge in [0.15, 0.2) is 41.2 Å². The van der Waals surface area contributed by atoms with Gasteiger partial charge in [-0.3, -0.25) is 19.9 Å². The van der Waals surface area contributed by atoms with Crippen LogP contribution in [0.15, 0.2) is 89.9 Å². The molecule has 16 heteroatoms. The largest absolute Gasteiger partial charge is 0.493 e. The third-order valence-corrected chi connectivity index (χ3v) is 15.0. The summed E-state index contributed by atoms with van der Waals surface area (Å²) in [7, 11) is 5.17. The maximum Gasteiger partial charge on any atom is 0.409 e. The molecule has 3 aromatic carbocycles. The first-order valence-corrected chi connectivity index (χ1v) is 23.4. The molecule has 348 valence electrons. The zero-order valence-corrected chi connectivity index (χ0v) is 38.7. The lowest BCUT2D eigenvalue weighted by molar-refractivity contribution is -0.153. The van der Waals surface area contributed by atoms with Crippen molar-refractivity contribution in [3.05, 3.63) is 118 Å². The second-order valence-corrected chi connectivity index (χ2v) is 18.5. The Bertz CT molecular complexity index is 2460. The van der Waals surface area contributed by atoms with Crippen LogP contribution in [0, 0.1) is 18.3 Å². The zero-order chi connectivity index (χ0) is 46.3. The SMILES string of the molecule is C=CCOC(=O)NC(CSCC1c2ccccc2-c2ccccc21)OC[C@H]1C2=C3OCOC3=C(C)C(=O)C2(O)CC2[C@H]3c4c(cc(C)c(OC)c4OCOCCOC)C[C@@H]([C@H](C#N)N21)N3C. The molecule has 0 radical (unpaired) electrons. The molecule has 15 nitrogen and oxygen atoms in total. The molecule has 2 aliphatic carbocycles. The van der Waals surface area contributed by atoms with Gasteiger partial charge < -0.3 is 43.0 Å². The molecule has 0 spiro atoms. The summed E-state index contributed by atoms with van der Waals surface area (Å²) in [5, 5.41) is 27.3. The first-order valence-electron chi connectivity index (χ1n) is 22.2. The van der Waals surface area contributed by atoms with Gasteiger partial charge in [-0.15, -0.1) is 0 Å². The van der Waals surface area contributed by atoms with E-state index in [1.54, 1.807) is 32.9 Å². The number of hydrogen-bond acceptors (Lipinski definition) is 15. The highest BCUT2D eigenvalue weighted by molar-refractivity contribution is 7.99. The van der Waals surface area contributed by atoms with Crippen LogP contribution in [0.1, 0.15) is 53.1 Å². The van der Waals surface area contributed by atoms with Gasteiger partial charge in [-0.05, 0) is 60.7 Å². The van der Waals surface area contributed by atoms with Crippen LogP contribution in [0.2, 0.25) is 0 Å². The maximum atomic E-state index is 14.7. The molecule has 2 bridgehead atoms. The van der Waals surface area contributed by atoms with Crippen LogP contribution in [-0.2, 0) is 39.6 Å². The van der Waals surface area contributed by atoms with Gasteiger partial charge in [0.25, 0.3) is 0 Å². The van der Waals surface area contributed by atoms with Crippen molar-refractivity contribution in [3.63, 3.8) is 0 Å². The van der Waals surface area contributed by atoms with Crippen molar-refractivity contribution in [3.8, 4) is 28.7 Å². The molecule has 1 amide bonds. The number of ketones is 1. The van der Waals surface area contributed by atoms with E-state index < -0.39 is 47.9 Å². The van der Waals surface area contributed by atoms with Crippen molar-refractivity contribution in [2.45, 2.75) is 74.6 Å². The molecule has 6 aliphatic rings. The maximum absolute atomic E-state index is 14.7. The second kappa shape index (κ2) is 19.1. The van der Waals surface area contributed by atoms with Crippen molar-refractivity contribution in [1.82, 2.24) is 15.1 Å². The minimum Gasteiger partial charge on any atom is -0.493 e. The predicted molar refractivity (Wildman–Crippen MR) is 245 cm³/mol. The number of benzene rings is 3. The number of nitrogens with one attached hydrogen (secondary N) is 1. The minimum absolute atomic E-state index is 0.00642. The number of ether oxygens (including phenoxy) is 8. The fourth-order valence-electron chi connectivity index (χ4n) is 11.1. The van der Waals surface area contributed by atoms with Gasteiger partial charge in [-0.1, -0.05) is 67.3 Å². The van der Waals surface area contributed by atoms with Gasteiger partial charge in [-0.25, -0.2) is 4.79 Å². The molecule has 3 unspecified atom stereocenters. The molecular formula is C50H56N4O11S. The Hall–Kier alpha value is -5.38. The number of piperidine rings is 1. The first-order chi connectivity index (χ1) is 32.1. The van der Waals surface area contributed by atoms with Crippen LogP contribution in [0.3, 0.4) is 0 Å². The summed E-state index contributed by atoms with van der Waals surface area (Å²) >= 11 is 1.63. The summed E-state index contributed by atoms with van der Waals surface area (Å²) in [5.74, 6) is 2.19. The van der Waals surface area contributed by atoms with Crippen molar-refractivity contribution in [1.29, 1.82) is 5.26 Å². The lowest BCUT2D eigenvalue weighted by Gasteiger charge is -2.62. The van der Waals surface area contributed by atoms with Crippen molar-refractivity contribution in [2.75, 3.05) is 72.8 Å². The van der Waals surface area contributed by atoms with Crippen LogP contribution in [0.5, 0.6) is 11.5 Å². The number of carbonyl (C=O) groups excluding carboxylic acids is 2. The molecule has 3 saturated heterocycles. The summed E-state index contributed by atoms with van der Waals surface area (Å²) in [6, 6.07) is 18.4. The fourth-order valence-corrected chi connectivity index (χ4v) is 12.2. The molecule has 0 saturated carbocycles. The second-order valence-electron chi connectivity index (χ2n) is 17.4.